The van der Waals surface area contributed by atoms with Crippen LogP contribution in [-0.2, 0) is 11.2 Å². The van der Waals surface area contributed by atoms with Gasteiger partial charge in [-0.25, -0.2) is 0 Å². The molecule has 0 spiro atoms. The molecule has 0 aromatic heterocycles. The molecule has 3 heteroatoms. The molecule has 2 aliphatic rings. The van der Waals surface area contributed by atoms with Crippen LogP contribution in [0.2, 0.25) is 0 Å². The summed E-state index contributed by atoms with van der Waals surface area (Å²) in [5, 5.41) is 6.71. The van der Waals surface area contributed by atoms with Crippen molar-refractivity contribution in [2.75, 3.05) is 6.54 Å². The lowest BCUT2D eigenvalue weighted by Crippen LogP contribution is -2.39. The van der Waals surface area contributed by atoms with Gasteiger partial charge in [0.25, 0.3) is 0 Å². The second-order valence-corrected chi connectivity index (χ2v) is 6.76. The van der Waals surface area contributed by atoms with E-state index >= 15 is 0 Å². The lowest BCUT2D eigenvalue weighted by molar-refractivity contribution is -0.122. The lowest BCUT2D eigenvalue weighted by Gasteiger charge is -2.28. The number of hydrogen-bond acceptors (Lipinski definition) is 2. The summed E-state index contributed by atoms with van der Waals surface area (Å²) in [4.78, 5) is 12.1. The van der Waals surface area contributed by atoms with Gasteiger partial charge < -0.3 is 10.6 Å². The standard InChI is InChI=1S/C18H26N2O/c1-13-2-4-14(5-3-13)8-9-19-18(21)12-15-10-16-6-7-17(11-15)20-16/h2-5,15-17,20H,6-12H2,1H3,(H,19,21). The molecule has 2 aliphatic heterocycles. The molecule has 2 heterocycles. The molecule has 3 rings (SSSR count). The summed E-state index contributed by atoms with van der Waals surface area (Å²) in [5.41, 5.74) is 2.57. The topological polar surface area (TPSA) is 41.1 Å². The summed E-state index contributed by atoms with van der Waals surface area (Å²) >= 11 is 0. The van der Waals surface area contributed by atoms with Gasteiger partial charge in [0.05, 0.1) is 0 Å². The molecule has 0 saturated carbocycles. The Morgan fingerprint density at radius 3 is 2.52 bits per heavy atom. The number of nitrogens with one attached hydrogen (secondary N) is 2. The van der Waals surface area contributed by atoms with Crippen LogP contribution in [0.25, 0.3) is 0 Å². The summed E-state index contributed by atoms with van der Waals surface area (Å²) in [6.45, 7) is 2.84. The van der Waals surface area contributed by atoms with Crippen LogP contribution >= 0.6 is 0 Å². The van der Waals surface area contributed by atoms with Gasteiger partial charge in [-0.2, -0.15) is 0 Å². The Bertz CT molecular complexity index is 470. The number of carbonyl (C=O) groups is 1. The molecule has 0 radical (unpaired) electrons. The average Bonchev–Trinajstić information content (AvgIpc) is 2.80. The van der Waals surface area contributed by atoms with Gasteiger partial charge in [-0.3, -0.25) is 4.79 Å². The van der Waals surface area contributed by atoms with Crippen molar-refractivity contribution in [1.82, 2.24) is 10.6 Å². The van der Waals surface area contributed by atoms with Crippen molar-refractivity contribution in [2.45, 2.75) is 57.5 Å². The Balaban J connectivity index is 1.37. The van der Waals surface area contributed by atoms with Gasteiger partial charge in [0.1, 0.15) is 0 Å². The van der Waals surface area contributed by atoms with E-state index in [0.29, 0.717) is 24.4 Å². The summed E-state index contributed by atoms with van der Waals surface area (Å²) < 4.78 is 0. The van der Waals surface area contributed by atoms with E-state index in [1.165, 1.54) is 36.8 Å². The van der Waals surface area contributed by atoms with E-state index in [4.69, 9.17) is 0 Å². The number of hydrogen-bond donors (Lipinski definition) is 2. The molecule has 2 fully saturated rings. The second-order valence-electron chi connectivity index (χ2n) is 6.76. The molecule has 2 bridgehead atoms. The minimum atomic E-state index is 0.230. The van der Waals surface area contributed by atoms with Gasteiger partial charge in [-0.05, 0) is 50.5 Å². The predicted octanol–water partition coefficient (Wildman–Crippen LogP) is 2.57. The fraction of sp³-hybridized carbons (Fsp3) is 0.611. The molecule has 114 valence electrons. The first-order valence-corrected chi connectivity index (χ1v) is 8.27. The number of aryl methyl sites for hydroxylation is 1. The fourth-order valence-corrected chi connectivity index (χ4v) is 3.78. The first-order chi connectivity index (χ1) is 10.2. The summed E-state index contributed by atoms with van der Waals surface area (Å²) in [6.07, 6.45) is 6.60. The van der Waals surface area contributed by atoms with Crippen LogP contribution in [0, 0.1) is 12.8 Å². The third-order valence-corrected chi connectivity index (χ3v) is 4.90. The maximum atomic E-state index is 12.1. The van der Waals surface area contributed by atoms with Gasteiger partial charge in [0.15, 0.2) is 0 Å². The summed E-state index contributed by atoms with van der Waals surface area (Å²) in [5.74, 6) is 0.816. The molecule has 21 heavy (non-hydrogen) atoms. The highest BCUT2D eigenvalue weighted by Gasteiger charge is 2.33. The van der Waals surface area contributed by atoms with Crippen LogP contribution in [0.15, 0.2) is 24.3 Å². The van der Waals surface area contributed by atoms with Crippen LogP contribution in [-0.4, -0.2) is 24.5 Å². The van der Waals surface area contributed by atoms with Crippen molar-refractivity contribution >= 4 is 5.91 Å². The van der Waals surface area contributed by atoms with Crippen molar-refractivity contribution in [3.05, 3.63) is 35.4 Å². The molecule has 2 saturated heterocycles. The summed E-state index contributed by atoms with van der Waals surface area (Å²) in [7, 11) is 0. The van der Waals surface area contributed by atoms with E-state index in [1.807, 2.05) is 0 Å². The molecule has 2 N–H and O–H groups in total. The van der Waals surface area contributed by atoms with Crippen molar-refractivity contribution in [3.8, 4) is 0 Å². The van der Waals surface area contributed by atoms with E-state index in [0.717, 1.165) is 13.0 Å². The molecular formula is C18H26N2O. The first-order valence-electron chi connectivity index (χ1n) is 8.27. The Kier molecular flexibility index (Phi) is 4.59. The molecule has 3 nitrogen and oxygen atoms in total. The van der Waals surface area contributed by atoms with E-state index < -0.39 is 0 Å². The van der Waals surface area contributed by atoms with E-state index in [-0.39, 0.29) is 5.91 Å². The normalized spacial score (nSPS) is 27.6. The lowest BCUT2D eigenvalue weighted by atomic mass is 9.89. The van der Waals surface area contributed by atoms with Crippen LogP contribution < -0.4 is 10.6 Å². The zero-order valence-corrected chi connectivity index (χ0v) is 12.9. The van der Waals surface area contributed by atoms with Crippen molar-refractivity contribution in [3.63, 3.8) is 0 Å². The van der Waals surface area contributed by atoms with Gasteiger partial charge >= 0.3 is 0 Å². The molecule has 2 atom stereocenters. The number of fused-ring (bicyclic) bond motifs is 2. The quantitative estimate of drug-likeness (QED) is 0.873. The van der Waals surface area contributed by atoms with Crippen LogP contribution in [0.3, 0.4) is 0 Å². The van der Waals surface area contributed by atoms with Crippen LogP contribution in [0.4, 0.5) is 0 Å². The van der Waals surface area contributed by atoms with Crippen LogP contribution in [0.5, 0.6) is 0 Å². The van der Waals surface area contributed by atoms with E-state index in [1.54, 1.807) is 0 Å². The van der Waals surface area contributed by atoms with E-state index in [2.05, 4.69) is 41.8 Å². The van der Waals surface area contributed by atoms with Gasteiger partial charge in [-0.15, -0.1) is 0 Å². The zero-order chi connectivity index (χ0) is 14.7. The highest BCUT2D eigenvalue weighted by atomic mass is 16.1. The average molecular weight is 286 g/mol. The largest absolute Gasteiger partial charge is 0.356 e. The minimum absolute atomic E-state index is 0.230. The second kappa shape index (κ2) is 6.61. The third-order valence-electron chi connectivity index (χ3n) is 4.90. The number of carbonyl (C=O) groups excluding carboxylic acids is 1. The maximum absolute atomic E-state index is 12.1. The van der Waals surface area contributed by atoms with Crippen LogP contribution in [0.1, 0.15) is 43.2 Å². The molecule has 0 aliphatic carbocycles. The monoisotopic (exact) mass is 286 g/mol. The molecule has 1 amide bonds. The van der Waals surface area contributed by atoms with Crippen molar-refractivity contribution in [1.29, 1.82) is 0 Å². The SMILES string of the molecule is Cc1ccc(CCNC(=O)CC2CC3CCC(C2)N3)cc1. The molecular weight excluding hydrogens is 260 g/mol. The van der Waals surface area contributed by atoms with Gasteiger partial charge in [0.2, 0.25) is 5.91 Å². The molecule has 1 aromatic carbocycles. The minimum Gasteiger partial charge on any atom is -0.356 e. The maximum Gasteiger partial charge on any atom is 0.220 e. The fourth-order valence-electron chi connectivity index (χ4n) is 3.78. The van der Waals surface area contributed by atoms with Crippen molar-refractivity contribution < 1.29 is 4.79 Å². The molecule has 2 unspecified atom stereocenters. The third kappa shape index (κ3) is 4.07. The number of benzene rings is 1. The van der Waals surface area contributed by atoms with Crippen molar-refractivity contribution in [2.24, 2.45) is 5.92 Å². The summed E-state index contributed by atoms with van der Waals surface area (Å²) in [6, 6.07) is 9.89. The Morgan fingerprint density at radius 1 is 1.19 bits per heavy atom. The van der Waals surface area contributed by atoms with Gasteiger partial charge in [0, 0.05) is 25.0 Å². The van der Waals surface area contributed by atoms with E-state index in [9.17, 15) is 4.79 Å². The highest BCUT2D eigenvalue weighted by molar-refractivity contribution is 5.76. The highest BCUT2D eigenvalue weighted by Crippen LogP contribution is 2.32. The number of piperidine rings is 1. The zero-order valence-electron chi connectivity index (χ0n) is 12.9. The smallest absolute Gasteiger partial charge is 0.220 e. The van der Waals surface area contributed by atoms with Gasteiger partial charge in [-0.1, -0.05) is 29.8 Å². The Labute approximate surface area is 127 Å². The Hall–Kier alpha value is -1.35. The number of rotatable bonds is 5. The first kappa shape index (κ1) is 14.6. The number of amides is 1. The molecule has 1 aromatic rings. The predicted molar refractivity (Wildman–Crippen MR) is 85.2 cm³/mol. The Morgan fingerprint density at radius 2 is 1.86 bits per heavy atom.